The van der Waals surface area contributed by atoms with Crippen molar-refractivity contribution < 1.29 is 26.3 Å². The molecular weight excluding hydrogens is 510 g/mol. The van der Waals surface area contributed by atoms with Crippen molar-refractivity contribution in [2.75, 3.05) is 13.2 Å². The average Bonchev–Trinajstić information content (AvgIpc) is 2.80. The first-order valence-corrected chi connectivity index (χ1v) is 16.2. The predicted molar refractivity (Wildman–Crippen MR) is 149 cm³/mol. The van der Waals surface area contributed by atoms with Crippen LogP contribution in [0.2, 0.25) is 0 Å². The molecule has 0 aromatic heterocycles. The molecule has 0 unspecified atom stereocenters. The lowest BCUT2D eigenvalue weighted by molar-refractivity contribution is 0.301. The van der Waals surface area contributed by atoms with Crippen molar-refractivity contribution in [1.82, 2.24) is 4.13 Å². The van der Waals surface area contributed by atoms with Gasteiger partial charge in [-0.2, -0.15) is 0 Å². The molecule has 2 aromatic rings. The van der Waals surface area contributed by atoms with Crippen LogP contribution < -0.4 is 13.6 Å². The first-order valence-electron chi connectivity index (χ1n) is 13.2. The molecule has 0 aliphatic rings. The van der Waals surface area contributed by atoms with Gasteiger partial charge in [-0.1, -0.05) is 52.4 Å². The van der Waals surface area contributed by atoms with Crippen molar-refractivity contribution in [3.8, 4) is 11.5 Å². The van der Waals surface area contributed by atoms with Crippen molar-refractivity contribution in [2.45, 2.75) is 103 Å². The van der Waals surface area contributed by atoms with Crippen molar-refractivity contribution in [3.05, 3.63) is 46.5 Å². The van der Waals surface area contributed by atoms with Gasteiger partial charge in [0.1, 0.15) is 11.5 Å². The summed E-state index contributed by atoms with van der Waals surface area (Å²) in [6.45, 7) is 12.4. The summed E-state index contributed by atoms with van der Waals surface area (Å²) in [6, 6.07) is 5.77. The second-order valence-corrected chi connectivity index (χ2v) is 13.3. The molecule has 208 valence electrons. The van der Waals surface area contributed by atoms with Gasteiger partial charge in [0, 0.05) is 0 Å². The molecule has 37 heavy (non-hydrogen) atoms. The summed E-state index contributed by atoms with van der Waals surface area (Å²) < 4.78 is 66.0. The first-order chi connectivity index (χ1) is 17.4. The van der Waals surface area contributed by atoms with E-state index in [9.17, 15) is 16.8 Å². The maximum Gasteiger partial charge on any atom is 0.253 e. The number of nitrogens with one attached hydrogen (secondary N) is 1. The van der Waals surface area contributed by atoms with Crippen LogP contribution in [-0.4, -0.2) is 30.0 Å². The Morgan fingerprint density at radius 1 is 0.568 bits per heavy atom. The van der Waals surface area contributed by atoms with E-state index < -0.39 is 20.0 Å². The summed E-state index contributed by atoms with van der Waals surface area (Å²) in [4.78, 5) is -0.241. The fourth-order valence-corrected chi connectivity index (χ4v) is 7.49. The SMILES string of the molecule is CCCCCCOc1c(C)cc(S(=O)(=O)NS(=O)(=O)c2cc(C)c(OCCCCCC)c(C)c2)cc1C. The maximum absolute atomic E-state index is 13.1. The second-order valence-electron chi connectivity index (χ2n) is 9.68. The lowest BCUT2D eigenvalue weighted by Gasteiger charge is -2.16. The minimum atomic E-state index is -4.34. The van der Waals surface area contributed by atoms with Crippen LogP contribution in [0, 0.1) is 27.7 Å². The molecule has 0 saturated carbocycles. The van der Waals surface area contributed by atoms with Gasteiger partial charge in [-0.15, -0.1) is 4.13 Å². The van der Waals surface area contributed by atoms with Crippen molar-refractivity contribution in [3.63, 3.8) is 0 Å². The zero-order valence-electron chi connectivity index (χ0n) is 23.1. The van der Waals surface area contributed by atoms with Crippen LogP contribution in [0.15, 0.2) is 34.1 Å². The van der Waals surface area contributed by atoms with Crippen molar-refractivity contribution >= 4 is 20.0 Å². The van der Waals surface area contributed by atoms with Gasteiger partial charge in [0.15, 0.2) is 0 Å². The van der Waals surface area contributed by atoms with E-state index in [-0.39, 0.29) is 9.79 Å². The van der Waals surface area contributed by atoms with Gasteiger partial charge < -0.3 is 9.47 Å². The van der Waals surface area contributed by atoms with Gasteiger partial charge in [0.2, 0.25) is 0 Å². The Morgan fingerprint density at radius 3 is 1.19 bits per heavy atom. The molecule has 0 aliphatic heterocycles. The number of ether oxygens (including phenoxy) is 2. The zero-order chi connectivity index (χ0) is 27.6. The molecule has 0 atom stereocenters. The number of benzene rings is 2. The minimum Gasteiger partial charge on any atom is -0.493 e. The highest BCUT2D eigenvalue weighted by Gasteiger charge is 2.27. The van der Waals surface area contributed by atoms with Gasteiger partial charge in [-0.3, -0.25) is 0 Å². The van der Waals surface area contributed by atoms with Crippen LogP contribution in [0.4, 0.5) is 0 Å². The number of sulfonamides is 2. The molecule has 0 spiro atoms. The number of unbranched alkanes of at least 4 members (excludes halogenated alkanes) is 6. The number of hydrogen-bond donors (Lipinski definition) is 1. The van der Waals surface area contributed by atoms with Crippen molar-refractivity contribution in [2.24, 2.45) is 0 Å². The summed E-state index contributed by atoms with van der Waals surface area (Å²) in [5.41, 5.74) is 2.56. The summed E-state index contributed by atoms with van der Waals surface area (Å²) in [7, 11) is -8.69. The van der Waals surface area contributed by atoms with Crippen LogP contribution in [-0.2, 0) is 20.0 Å². The Labute approximate surface area is 224 Å². The van der Waals surface area contributed by atoms with E-state index in [1.807, 2.05) is 4.13 Å². The molecule has 0 bridgehead atoms. The summed E-state index contributed by atoms with van der Waals surface area (Å²) in [5.74, 6) is 1.27. The van der Waals surface area contributed by atoms with Crippen LogP contribution in [0.1, 0.15) is 87.5 Å². The Bertz CT molecular complexity index is 1110. The molecule has 7 nitrogen and oxygen atoms in total. The van der Waals surface area contributed by atoms with E-state index in [4.69, 9.17) is 9.47 Å². The molecule has 2 rings (SSSR count). The number of aryl methyl sites for hydroxylation is 4. The molecule has 0 saturated heterocycles. The van der Waals surface area contributed by atoms with Crippen LogP contribution in [0.3, 0.4) is 0 Å². The maximum atomic E-state index is 13.1. The Kier molecular flexibility index (Phi) is 11.9. The van der Waals surface area contributed by atoms with E-state index in [0.717, 1.165) is 51.4 Å². The Morgan fingerprint density at radius 2 is 0.892 bits per heavy atom. The smallest absolute Gasteiger partial charge is 0.253 e. The lowest BCUT2D eigenvalue weighted by atomic mass is 10.1. The normalized spacial score (nSPS) is 12.1. The van der Waals surface area contributed by atoms with Gasteiger partial charge >= 0.3 is 0 Å². The van der Waals surface area contributed by atoms with Gasteiger partial charge in [-0.05, 0) is 87.1 Å². The van der Waals surface area contributed by atoms with E-state index in [1.54, 1.807) is 27.7 Å². The van der Waals surface area contributed by atoms with Gasteiger partial charge in [-0.25, -0.2) is 16.8 Å². The Hall–Kier alpha value is -2.10. The number of hydrogen-bond acceptors (Lipinski definition) is 6. The number of rotatable bonds is 16. The fourth-order valence-electron chi connectivity index (χ4n) is 4.23. The van der Waals surface area contributed by atoms with E-state index in [0.29, 0.717) is 47.0 Å². The predicted octanol–water partition coefficient (Wildman–Crippen LogP) is 6.51. The highest BCUT2D eigenvalue weighted by molar-refractivity contribution is 8.04. The molecule has 2 aromatic carbocycles. The van der Waals surface area contributed by atoms with E-state index in [2.05, 4.69) is 13.8 Å². The van der Waals surface area contributed by atoms with Crippen molar-refractivity contribution in [1.29, 1.82) is 0 Å². The fraction of sp³-hybridized carbons (Fsp3) is 0.571. The molecular formula is C28H43NO6S2. The van der Waals surface area contributed by atoms with Gasteiger partial charge in [0.05, 0.1) is 23.0 Å². The molecule has 0 radical (unpaired) electrons. The largest absolute Gasteiger partial charge is 0.493 e. The standard InChI is InChI=1S/C28H43NO6S2/c1-7-9-11-13-15-34-27-21(3)17-25(18-22(27)4)36(30,31)29-37(32,33)26-19-23(5)28(24(6)20-26)35-16-14-12-10-8-2/h17-20,29H,7-16H2,1-6H3. The molecule has 0 aliphatic carbocycles. The summed E-state index contributed by atoms with van der Waals surface area (Å²) in [5, 5.41) is 0. The van der Waals surface area contributed by atoms with E-state index in [1.165, 1.54) is 24.3 Å². The highest BCUT2D eigenvalue weighted by Crippen LogP contribution is 2.30. The summed E-state index contributed by atoms with van der Waals surface area (Å²) >= 11 is 0. The monoisotopic (exact) mass is 553 g/mol. The van der Waals surface area contributed by atoms with Crippen LogP contribution in [0.25, 0.3) is 0 Å². The topological polar surface area (TPSA) is 98.8 Å². The van der Waals surface area contributed by atoms with Gasteiger partial charge in [0.25, 0.3) is 20.0 Å². The molecule has 0 fully saturated rings. The lowest BCUT2D eigenvalue weighted by Crippen LogP contribution is -2.31. The minimum absolute atomic E-state index is 0.120. The van der Waals surface area contributed by atoms with Crippen LogP contribution >= 0.6 is 0 Å². The third-order valence-corrected chi connectivity index (χ3v) is 9.66. The molecule has 9 heteroatoms. The zero-order valence-corrected chi connectivity index (χ0v) is 24.8. The van der Waals surface area contributed by atoms with Crippen LogP contribution in [0.5, 0.6) is 11.5 Å². The highest BCUT2D eigenvalue weighted by atomic mass is 32.3. The first kappa shape index (κ1) is 31.1. The third-order valence-electron chi connectivity index (χ3n) is 6.20. The quantitative estimate of drug-likeness (QED) is 0.238. The van der Waals surface area contributed by atoms with E-state index >= 15 is 0 Å². The summed E-state index contributed by atoms with van der Waals surface area (Å²) in [6.07, 6.45) is 8.57. The molecule has 1 N–H and O–H groups in total. The third kappa shape index (κ3) is 9.00. The molecule has 0 amide bonds. The average molecular weight is 554 g/mol. The molecule has 0 heterocycles. The second kappa shape index (κ2) is 14.2. The Balaban J connectivity index is 2.18.